The summed E-state index contributed by atoms with van der Waals surface area (Å²) in [7, 11) is 0. The molecule has 2 aromatic carbocycles. The minimum absolute atomic E-state index is 0.172. The highest BCUT2D eigenvalue weighted by Gasteiger charge is 2.13. The van der Waals surface area contributed by atoms with Gasteiger partial charge in [0.15, 0.2) is 11.6 Å². The molecular weight excluding hydrogens is 271 g/mol. The summed E-state index contributed by atoms with van der Waals surface area (Å²) < 4.78 is 19.4. The number of ether oxygens (including phenoxy) is 1. The van der Waals surface area contributed by atoms with Crippen LogP contribution in [0.5, 0.6) is 5.75 Å². The highest BCUT2D eigenvalue weighted by atomic mass is 19.1. The molecular formula is C17H17FO3. The second-order valence-electron chi connectivity index (χ2n) is 4.98. The summed E-state index contributed by atoms with van der Waals surface area (Å²) in [6, 6.07) is 14.1. The van der Waals surface area contributed by atoms with Crippen molar-refractivity contribution in [1.29, 1.82) is 0 Å². The molecule has 0 saturated carbocycles. The monoisotopic (exact) mass is 288 g/mol. The van der Waals surface area contributed by atoms with E-state index in [9.17, 15) is 9.18 Å². The third-order valence-electron chi connectivity index (χ3n) is 3.20. The van der Waals surface area contributed by atoms with Crippen LogP contribution in [0.2, 0.25) is 0 Å². The Kier molecular flexibility index (Phi) is 4.93. The maximum Gasteiger partial charge on any atom is 0.306 e. The van der Waals surface area contributed by atoms with E-state index < -0.39 is 17.7 Å². The van der Waals surface area contributed by atoms with Gasteiger partial charge in [-0.15, -0.1) is 0 Å². The van der Waals surface area contributed by atoms with Crippen LogP contribution in [0.1, 0.15) is 18.1 Å². The first-order valence-electron chi connectivity index (χ1n) is 6.74. The number of aliphatic carboxylic acids is 1. The number of halogens is 1. The van der Waals surface area contributed by atoms with Crippen LogP contribution in [-0.2, 0) is 17.8 Å². The second kappa shape index (κ2) is 6.88. The molecule has 110 valence electrons. The summed E-state index contributed by atoms with van der Waals surface area (Å²) in [6.07, 6.45) is 0.297. The van der Waals surface area contributed by atoms with Gasteiger partial charge < -0.3 is 9.84 Å². The Morgan fingerprint density at radius 3 is 2.52 bits per heavy atom. The van der Waals surface area contributed by atoms with Crippen molar-refractivity contribution in [2.75, 3.05) is 0 Å². The predicted molar refractivity (Wildman–Crippen MR) is 77.7 cm³/mol. The quantitative estimate of drug-likeness (QED) is 0.882. The van der Waals surface area contributed by atoms with Crippen LogP contribution < -0.4 is 4.74 Å². The number of carboxylic acid groups (broad SMARTS) is 1. The molecule has 0 amide bonds. The van der Waals surface area contributed by atoms with Gasteiger partial charge in [0.05, 0.1) is 5.92 Å². The minimum Gasteiger partial charge on any atom is -0.486 e. The van der Waals surface area contributed by atoms with Crippen LogP contribution in [0.25, 0.3) is 0 Å². The first-order chi connectivity index (χ1) is 10.1. The van der Waals surface area contributed by atoms with Crippen molar-refractivity contribution in [2.24, 2.45) is 5.92 Å². The minimum atomic E-state index is -0.889. The SMILES string of the molecule is CC(Cc1ccc(OCc2ccccc2)c(F)c1)C(=O)O. The molecule has 0 saturated heterocycles. The molecule has 0 bridgehead atoms. The summed E-state index contributed by atoms with van der Waals surface area (Å²) in [5.41, 5.74) is 1.61. The Bertz CT molecular complexity index is 611. The van der Waals surface area contributed by atoms with Crippen LogP contribution in [-0.4, -0.2) is 11.1 Å². The Labute approximate surface area is 123 Å². The molecule has 0 radical (unpaired) electrons. The van der Waals surface area contributed by atoms with Gasteiger partial charge in [-0.05, 0) is 29.7 Å². The van der Waals surface area contributed by atoms with Crippen molar-refractivity contribution >= 4 is 5.97 Å². The standard InChI is InChI=1S/C17H17FO3/c1-12(17(19)20)9-14-7-8-16(15(18)10-14)21-11-13-5-3-2-4-6-13/h2-8,10,12H,9,11H2,1H3,(H,19,20). The molecule has 1 atom stereocenters. The molecule has 4 heteroatoms. The molecule has 1 N–H and O–H groups in total. The van der Waals surface area contributed by atoms with E-state index >= 15 is 0 Å². The second-order valence-corrected chi connectivity index (χ2v) is 4.98. The van der Waals surface area contributed by atoms with Crippen LogP contribution in [0.4, 0.5) is 4.39 Å². The molecule has 0 aliphatic rings. The highest BCUT2D eigenvalue weighted by Crippen LogP contribution is 2.21. The summed E-state index contributed by atoms with van der Waals surface area (Å²) >= 11 is 0. The Morgan fingerprint density at radius 1 is 1.19 bits per heavy atom. The first kappa shape index (κ1) is 15.0. The van der Waals surface area contributed by atoms with Crippen LogP contribution in [0.15, 0.2) is 48.5 Å². The zero-order valence-electron chi connectivity index (χ0n) is 11.8. The molecule has 0 fully saturated rings. The molecule has 3 nitrogen and oxygen atoms in total. The average Bonchev–Trinajstić information content (AvgIpc) is 2.47. The molecule has 0 aromatic heterocycles. The van der Waals surface area contributed by atoms with E-state index in [2.05, 4.69) is 0 Å². The van der Waals surface area contributed by atoms with Crippen molar-refractivity contribution in [3.8, 4) is 5.75 Å². The van der Waals surface area contributed by atoms with Gasteiger partial charge in [-0.25, -0.2) is 4.39 Å². The van der Waals surface area contributed by atoms with E-state index in [1.807, 2.05) is 30.3 Å². The van der Waals surface area contributed by atoms with Gasteiger partial charge in [0.2, 0.25) is 0 Å². The zero-order chi connectivity index (χ0) is 15.2. The number of hydrogen-bond donors (Lipinski definition) is 1. The number of carboxylic acids is 1. The van der Waals surface area contributed by atoms with Gasteiger partial charge >= 0.3 is 5.97 Å². The maximum atomic E-state index is 13.9. The Balaban J connectivity index is 2.00. The van der Waals surface area contributed by atoms with Crippen molar-refractivity contribution in [3.63, 3.8) is 0 Å². The highest BCUT2D eigenvalue weighted by molar-refractivity contribution is 5.69. The van der Waals surface area contributed by atoms with Crippen molar-refractivity contribution in [3.05, 3.63) is 65.5 Å². The van der Waals surface area contributed by atoms with E-state index in [-0.39, 0.29) is 5.75 Å². The fourth-order valence-electron chi connectivity index (χ4n) is 1.96. The Hall–Kier alpha value is -2.36. The van der Waals surface area contributed by atoms with Crippen LogP contribution in [0, 0.1) is 11.7 Å². The largest absolute Gasteiger partial charge is 0.486 e. The van der Waals surface area contributed by atoms with Crippen molar-refractivity contribution in [1.82, 2.24) is 0 Å². The fourth-order valence-corrected chi connectivity index (χ4v) is 1.96. The lowest BCUT2D eigenvalue weighted by Crippen LogP contribution is -2.12. The zero-order valence-corrected chi connectivity index (χ0v) is 11.8. The predicted octanol–water partition coefficient (Wildman–Crippen LogP) is 3.67. The van der Waals surface area contributed by atoms with Gasteiger partial charge in [0.25, 0.3) is 0 Å². The lowest BCUT2D eigenvalue weighted by Gasteiger charge is -2.10. The molecule has 1 unspecified atom stereocenters. The molecule has 2 aromatic rings. The summed E-state index contributed by atoms with van der Waals surface area (Å²) in [5.74, 6) is -1.73. The third kappa shape index (κ3) is 4.31. The average molecular weight is 288 g/mol. The van der Waals surface area contributed by atoms with Gasteiger partial charge in [0.1, 0.15) is 6.61 Å². The molecule has 0 spiro atoms. The topological polar surface area (TPSA) is 46.5 Å². The molecule has 0 heterocycles. The van der Waals surface area contributed by atoms with E-state index in [4.69, 9.17) is 9.84 Å². The smallest absolute Gasteiger partial charge is 0.306 e. The normalized spacial score (nSPS) is 11.9. The van der Waals surface area contributed by atoms with E-state index in [0.717, 1.165) is 5.56 Å². The number of benzene rings is 2. The van der Waals surface area contributed by atoms with Crippen molar-refractivity contribution < 1.29 is 19.0 Å². The first-order valence-corrected chi connectivity index (χ1v) is 6.74. The van der Waals surface area contributed by atoms with Gasteiger partial charge in [-0.2, -0.15) is 0 Å². The molecule has 21 heavy (non-hydrogen) atoms. The summed E-state index contributed by atoms with van der Waals surface area (Å²) in [4.78, 5) is 10.8. The molecule has 0 aliphatic carbocycles. The maximum absolute atomic E-state index is 13.9. The number of carbonyl (C=O) groups is 1. The van der Waals surface area contributed by atoms with Crippen LogP contribution >= 0.6 is 0 Å². The van der Waals surface area contributed by atoms with Gasteiger partial charge in [-0.3, -0.25) is 4.79 Å². The number of hydrogen-bond acceptors (Lipinski definition) is 2. The van der Waals surface area contributed by atoms with E-state index in [1.54, 1.807) is 19.1 Å². The van der Waals surface area contributed by atoms with E-state index in [0.29, 0.717) is 18.6 Å². The fraction of sp³-hybridized carbons (Fsp3) is 0.235. The van der Waals surface area contributed by atoms with Crippen LogP contribution in [0.3, 0.4) is 0 Å². The van der Waals surface area contributed by atoms with Gasteiger partial charge in [-0.1, -0.05) is 43.3 Å². The van der Waals surface area contributed by atoms with Gasteiger partial charge in [0, 0.05) is 0 Å². The molecule has 2 rings (SSSR count). The van der Waals surface area contributed by atoms with Crippen molar-refractivity contribution in [2.45, 2.75) is 20.0 Å². The molecule has 0 aliphatic heterocycles. The lowest BCUT2D eigenvalue weighted by molar-refractivity contribution is -0.141. The summed E-state index contributed by atoms with van der Waals surface area (Å²) in [6.45, 7) is 1.89. The van der Waals surface area contributed by atoms with E-state index in [1.165, 1.54) is 6.07 Å². The Morgan fingerprint density at radius 2 is 1.90 bits per heavy atom. The lowest BCUT2D eigenvalue weighted by atomic mass is 10.0. The number of rotatable bonds is 6. The third-order valence-corrected chi connectivity index (χ3v) is 3.20. The summed E-state index contributed by atoms with van der Waals surface area (Å²) in [5, 5.41) is 8.86.